The minimum absolute atomic E-state index is 0.146. The number of benzene rings is 1. The molecule has 0 saturated carbocycles. The van der Waals surface area contributed by atoms with Crippen molar-refractivity contribution in [3.05, 3.63) is 35.5 Å². The van der Waals surface area contributed by atoms with E-state index in [4.69, 9.17) is 9.47 Å². The van der Waals surface area contributed by atoms with Gasteiger partial charge in [-0.2, -0.15) is 18.3 Å². The van der Waals surface area contributed by atoms with Crippen molar-refractivity contribution in [2.24, 2.45) is 0 Å². The Morgan fingerprint density at radius 3 is 2.50 bits per heavy atom. The van der Waals surface area contributed by atoms with Crippen LogP contribution in [0, 0.1) is 6.92 Å². The van der Waals surface area contributed by atoms with Crippen LogP contribution in [0.4, 0.5) is 19.0 Å². The molecule has 8 heteroatoms. The Bertz CT molecular complexity index is 743. The van der Waals surface area contributed by atoms with E-state index in [-0.39, 0.29) is 6.42 Å². The van der Waals surface area contributed by atoms with E-state index in [1.165, 1.54) is 14.2 Å². The van der Waals surface area contributed by atoms with Gasteiger partial charge in [0.15, 0.2) is 17.5 Å². The summed E-state index contributed by atoms with van der Waals surface area (Å²) in [5, 5.41) is 7.11. The van der Waals surface area contributed by atoms with Crippen molar-refractivity contribution in [3.8, 4) is 11.5 Å². The lowest BCUT2D eigenvalue weighted by atomic mass is 9.96. The zero-order chi connectivity index (χ0) is 17.5. The van der Waals surface area contributed by atoms with Gasteiger partial charge in [-0.3, -0.25) is 0 Å². The predicted molar refractivity (Wildman–Crippen MR) is 82.6 cm³/mol. The molecule has 0 radical (unpaired) electrons. The maximum atomic E-state index is 13.4. The largest absolute Gasteiger partial charge is 0.493 e. The minimum Gasteiger partial charge on any atom is -0.493 e. The molecule has 0 fully saturated rings. The van der Waals surface area contributed by atoms with Gasteiger partial charge < -0.3 is 14.8 Å². The number of rotatable bonds is 3. The quantitative estimate of drug-likeness (QED) is 0.921. The molecule has 0 unspecified atom stereocenters. The van der Waals surface area contributed by atoms with Crippen molar-refractivity contribution < 1.29 is 22.6 Å². The summed E-state index contributed by atoms with van der Waals surface area (Å²) in [6.45, 7) is 1.67. The second-order valence-electron chi connectivity index (χ2n) is 5.72. The van der Waals surface area contributed by atoms with E-state index >= 15 is 0 Å². The number of ether oxygens (including phenoxy) is 2. The van der Waals surface area contributed by atoms with Crippen LogP contribution in [0.3, 0.4) is 0 Å². The number of nitrogens with zero attached hydrogens (tertiary/aromatic N) is 2. The van der Waals surface area contributed by atoms with Crippen LogP contribution in [-0.4, -0.2) is 30.2 Å². The van der Waals surface area contributed by atoms with Crippen LogP contribution in [0.1, 0.15) is 29.8 Å². The van der Waals surface area contributed by atoms with Crippen LogP contribution in [0.15, 0.2) is 24.3 Å². The van der Waals surface area contributed by atoms with E-state index in [1.54, 1.807) is 31.2 Å². The first-order chi connectivity index (χ1) is 11.3. The number of hydrogen-bond donors (Lipinski definition) is 1. The maximum absolute atomic E-state index is 13.4. The molecule has 0 aliphatic carbocycles. The van der Waals surface area contributed by atoms with E-state index in [0.29, 0.717) is 28.6 Å². The lowest BCUT2D eigenvalue weighted by Crippen LogP contribution is -2.35. The van der Waals surface area contributed by atoms with Crippen LogP contribution in [0.5, 0.6) is 11.5 Å². The molecule has 1 aromatic carbocycles. The highest BCUT2D eigenvalue weighted by Gasteiger charge is 2.46. The van der Waals surface area contributed by atoms with Crippen LogP contribution in [0.2, 0.25) is 0 Å². The Kier molecular flexibility index (Phi) is 4.06. The third-order valence-corrected chi connectivity index (χ3v) is 4.12. The Hall–Kier alpha value is -2.38. The first-order valence-corrected chi connectivity index (χ1v) is 7.45. The van der Waals surface area contributed by atoms with Crippen LogP contribution < -0.4 is 14.8 Å². The molecule has 0 saturated heterocycles. The van der Waals surface area contributed by atoms with Gasteiger partial charge in [-0.25, -0.2) is 4.68 Å². The molecule has 130 valence electrons. The summed E-state index contributed by atoms with van der Waals surface area (Å²) in [5.74, 6) is 1.38. The van der Waals surface area contributed by atoms with Gasteiger partial charge in [-0.15, -0.1) is 0 Å². The Morgan fingerprint density at radius 1 is 1.17 bits per heavy atom. The number of fused-ring (bicyclic) bond motifs is 1. The molecule has 1 aromatic heterocycles. The molecular weight excluding hydrogens is 323 g/mol. The summed E-state index contributed by atoms with van der Waals surface area (Å²) in [7, 11) is 3.00. The molecule has 3 rings (SSSR count). The molecule has 2 aromatic rings. The zero-order valence-electron chi connectivity index (χ0n) is 13.5. The number of nitrogens with one attached hydrogen (secondary N) is 1. The first-order valence-electron chi connectivity index (χ1n) is 7.45. The second kappa shape index (κ2) is 5.92. The third-order valence-electron chi connectivity index (χ3n) is 4.12. The molecule has 0 amide bonds. The van der Waals surface area contributed by atoms with Crippen LogP contribution in [-0.2, 0) is 0 Å². The fraction of sp³-hybridized carbons (Fsp3) is 0.438. The van der Waals surface area contributed by atoms with Gasteiger partial charge >= 0.3 is 6.18 Å². The van der Waals surface area contributed by atoms with Crippen molar-refractivity contribution in [2.45, 2.75) is 31.6 Å². The van der Waals surface area contributed by atoms with Crippen molar-refractivity contribution in [2.75, 3.05) is 19.5 Å². The normalized spacial score (nSPS) is 20.2. The van der Waals surface area contributed by atoms with Crippen molar-refractivity contribution in [1.82, 2.24) is 9.78 Å². The molecular formula is C16H18F3N3O2. The summed E-state index contributed by atoms with van der Waals surface area (Å²) >= 11 is 0. The number of halogens is 3. The SMILES string of the molecule is COc1ccc([C@@H]2C[C@H](C(F)(F)F)n3nc(C)cc3N2)cc1OC. The molecule has 1 aliphatic heterocycles. The minimum atomic E-state index is -4.37. The molecule has 2 heterocycles. The van der Waals surface area contributed by atoms with Gasteiger partial charge in [0, 0.05) is 12.5 Å². The Morgan fingerprint density at radius 2 is 1.88 bits per heavy atom. The summed E-state index contributed by atoms with van der Waals surface area (Å²) in [4.78, 5) is 0. The highest BCUT2D eigenvalue weighted by molar-refractivity contribution is 5.48. The number of alkyl halides is 3. The predicted octanol–water partition coefficient (Wildman–Crippen LogP) is 3.87. The Balaban J connectivity index is 1.99. The number of aromatic nitrogens is 2. The van der Waals surface area contributed by atoms with Crippen LogP contribution in [0.25, 0.3) is 0 Å². The molecule has 0 spiro atoms. The third kappa shape index (κ3) is 2.88. The second-order valence-corrected chi connectivity index (χ2v) is 5.72. The molecule has 1 aliphatic rings. The van der Waals surface area contributed by atoms with E-state index in [0.717, 1.165) is 4.68 Å². The highest BCUT2D eigenvalue weighted by atomic mass is 19.4. The lowest BCUT2D eigenvalue weighted by molar-refractivity contribution is -0.173. The van der Waals surface area contributed by atoms with E-state index in [1.807, 2.05) is 0 Å². The number of aryl methyl sites for hydroxylation is 1. The van der Waals surface area contributed by atoms with Crippen molar-refractivity contribution >= 4 is 5.82 Å². The van der Waals surface area contributed by atoms with Crippen molar-refractivity contribution in [1.29, 1.82) is 0 Å². The van der Waals surface area contributed by atoms with E-state index in [2.05, 4.69) is 10.4 Å². The monoisotopic (exact) mass is 341 g/mol. The molecule has 5 nitrogen and oxygen atoms in total. The number of methoxy groups -OCH3 is 2. The smallest absolute Gasteiger partial charge is 0.410 e. The summed E-state index contributed by atoms with van der Waals surface area (Å²) in [6, 6.07) is 4.58. The molecule has 24 heavy (non-hydrogen) atoms. The average Bonchev–Trinajstić information content (AvgIpc) is 2.92. The van der Waals surface area contributed by atoms with E-state index in [9.17, 15) is 13.2 Å². The van der Waals surface area contributed by atoms with Gasteiger partial charge in [0.05, 0.1) is 26.0 Å². The highest BCUT2D eigenvalue weighted by Crippen LogP contribution is 2.44. The topological polar surface area (TPSA) is 48.3 Å². The Labute approximate surface area is 137 Å². The fourth-order valence-corrected chi connectivity index (χ4v) is 2.98. The van der Waals surface area contributed by atoms with Gasteiger partial charge in [-0.1, -0.05) is 6.07 Å². The maximum Gasteiger partial charge on any atom is 0.410 e. The van der Waals surface area contributed by atoms with Gasteiger partial charge in [0.25, 0.3) is 0 Å². The van der Waals surface area contributed by atoms with Crippen molar-refractivity contribution in [3.63, 3.8) is 0 Å². The molecule has 1 N–H and O–H groups in total. The summed E-state index contributed by atoms with van der Waals surface area (Å²) in [5.41, 5.74) is 1.24. The summed E-state index contributed by atoms with van der Waals surface area (Å²) in [6.07, 6.45) is -4.52. The van der Waals surface area contributed by atoms with Crippen LogP contribution >= 0.6 is 0 Å². The number of hydrogen-bond acceptors (Lipinski definition) is 4. The van der Waals surface area contributed by atoms with Gasteiger partial charge in [0.2, 0.25) is 0 Å². The average molecular weight is 341 g/mol. The van der Waals surface area contributed by atoms with Gasteiger partial charge in [-0.05, 0) is 24.6 Å². The zero-order valence-corrected chi connectivity index (χ0v) is 13.5. The molecule has 0 bridgehead atoms. The van der Waals surface area contributed by atoms with E-state index < -0.39 is 18.3 Å². The first kappa shape index (κ1) is 16.5. The lowest BCUT2D eigenvalue weighted by Gasteiger charge is -2.33. The summed E-state index contributed by atoms with van der Waals surface area (Å²) < 4.78 is 51.8. The molecule has 2 atom stereocenters. The van der Waals surface area contributed by atoms with Gasteiger partial charge in [0.1, 0.15) is 5.82 Å². The fourth-order valence-electron chi connectivity index (χ4n) is 2.98. The number of anilines is 1. The standard InChI is InChI=1S/C16H18F3N3O2/c1-9-6-15-20-11(8-14(16(17,18)19)22(15)21-9)10-4-5-12(23-2)13(7-10)24-3/h4-7,11,14,20H,8H2,1-3H3/t11-,14+/m0/s1.